The summed E-state index contributed by atoms with van der Waals surface area (Å²) in [5.74, 6) is -1.56. The second kappa shape index (κ2) is 11.1. The fraction of sp³-hybridized carbons (Fsp3) is 0.613. The van der Waals surface area contributed by atoms with E-state index >= 15 is 0 Å². The Morgan fingerprint density at radius 2 is 1.77 bits per heavy atom. The van der Waals surface area contributed by atoms with Crippen LogP contribution in [0.4, 0.5) is 4.79 Å². The van der Waals surface area contributed by atoms with Gasteiger partial charge in [-0.05, 0) is 41.9 Å². The molecule has 0 unspecified atom stereocenters. The summed E-state index contributed by atoms with van der Waals surface area (Å²) in [6.45, 7) is 12.6. The largest absolute Gasteiger partial charge is 0.465 e. The summed E-state index contributed by atoms with van der Waals surface area (Å²) < 4.78 is 11.5. The van der Waals surface area contributed by atoms with Crippen LogP contribution in [0, 0.1) is 16.7 Å². The number of Topliss-reactive ketones (excluding diaryl/α,β-unsaturated/α-hetero) is 1. The highest BCUT2D eigenvalue weighted by molar-refractivity contribution is 5.91. The van der Waals surface area contributed by atoms with Gasteiger partial charge in [-0.1, -0.05) is 65.0 Å². The van der Waals surface area contributed by atoms with E-state index in [2.05, 4.69) is 32.1 Å². The Bertz CT molecular complexity index is 1160. The van der Waals surface area contributed by atoms with Gasteiger partial charge in [-0.25, -0.2) is 4.79 Å². The van der Waals surface area contributed by atoms with E-state index in [-0.39, 0.29) is 43.1 Å². The lowest BCUT2D eigenvalue weighted by atomic mass is 9.77. The maximum Gasteiger partial charge on any atom is 0.410 e. The normalized spacial score (nSPS) is 26.3. The van der Waals surface area contributed by atoms with E-state index in [0.717, 1.165) is 24.0 Å². The molecule has 3 aliphatic rings. The third-order valence-electron chi connectivity index (χ3n) is 8.13. The van der Waals surface area contributed by atoms with Crippen molar-refractivity contribution in [2.45, 2.75) is 92.5 Å². The number of rotatable bonds is 1. The van der Waals surface area contributed by atoms with Crippen LogP contribution >= 0.6 is 0 Å². The molecular formula is C31H42N2O6. The van der Waals surface area contributed by atoms with Gasteiger partial charge in [0.1, 0.15) is 6.10 Å². The summed E-state index contributed by atoms with van der Waals surface area (Å²) in [6, 6.07) is 5.44. The summed E-state index contributed by atoms with van der Waals surface area (Å²) in [4.78, 5) is 55.7. The number of ether oxygens (including phenoxy) is 2. The lowest BCUT2D eigenvalue weighted by molar-refractivity contribution is -0.154. The first-order chi connectivity index (χ1) is 18.2. The minimum absolute atomic E-state index is 0.0774. The van der Waals surface area contributed by atoms with Crippen molar-refractivity contribution in [1.29, 1.82) is 0 Å². The molecule has 1 aromatic carbocycles. The average molecular weight is 539 g/mol. The molecule has 1 aromatic rings. The van der Waals surface area contributed by atoms with Gasteiger partial charge >= 0.3 is 12.1 Å². The van der Waals surface area contributed by atoms with Crippen molar-refractivity contribution in [3.05, 3.63) is 47.0 Å². The zero-order valence-corrected chi connectivity index (χ0v) is 24.1. The van der Waals surface area contributed by atoms with Crippen LogP contribution in [-0.4, -0.2) is 58.9 Å². The first kappa shape index (κ1) is 28.8. The fourth-order valence-electron chi connectivity index (χ4n) is 5.68. The Balaban J connectivity index is 1.63. The van der Waals surface area contributed by atoms with Crippen LogP contribution < -0.4 is 0 Å². The van der Waals surface area contributed by atoms with Gasteiger partial charge in [0.05, 0.1) is 31.5 Å². The summed E-state index contributed by atoms with van der Waals surface area (Å²) in [5.41, 5.74) is 2.60. The predicted octanol–water partition coefficient (Wildman–Crippen LogP) is 4.82. The Kier molecular flexibility index (Phi) is 8.24. The van der Waals surface area contributed by atoms with Crippen molar-refractivity contribution in [3.8, 4) is 0 Å². The van der Waals surface area contributed by atoms with Crippen molar-refractivity contribution in [3.63, 3.8) is 0 Å². The molecule has 3 aliphatic heterocycles. The molecule has 1 fully saturated rings. The summed E-state index contributed by atoms with van der Waals surface area (Å²) in [6.07, 6.45) is 4.84. The lowest BCUT2D eigenvalue weighted by Gasteiger charge is -2.34. The number of carbonyl (C=O) groups is 4. The van der Waals surface area contributed by atoms with E-state index in [0.29, 0.717) is 13.1 Å². The van der Waals surface area contributed by atoms with Crippen LogP contribution in [0.5, 0.6) is 0 Å². The lowest BCUT2D eigenvalue weighted by Crippen LogP contribution is -2.47. The van der Waals surface area contributed by atoms with Crippen molar-refractivity contribution < 1.29 is 28.7 Å². The third kappa shape index (κ3) is 6.71. The van der Waals surface area contributed by atoms with Crippen LogP contribution in [0.25, 0.3) is 0 Å². The molecule has 2 amide bonds. The van der Waals surface area contributed by atoms with Crippen LogP contribution in [-0.2, 0) is 43.4 Å². The molecule has 4 bridgehead atoms. The highest BCUT2D eigenvalue weighted by atomic mass is 16.6. The van der Waals surface area contributed by atoms with Gasteiger partial charge < -0.3 is 14.4 Å². The summed E-state index contributed by atoms with van der Waals surface area (Å²) in [5, 5.41) is 0. The molecule has 0 N–H and O–H groups in total. The van der Waals surface area contributed by atoms with Crippen LogP contribution in [0.1, 0.15) is 77.5 Å². The number of amides is 2. The van der Waals surface area contributed by atoms with E-state index in [1.165, 1.54) is 17.4 Å². The van der Waals surface area contributed by atoms with Gasteiger partial charge in [-0.15, -0.1) is 0 Å². The van der Waals surface area contributed by atoms with Crippen LogP contribution in [0.2, 0.25) is 0 Å². The van der Waals surface area contributed by atoms with Crippen LogP contribution in [0.15, 0.2) is 30.4 Å². The Morgan fingerprint density at radius 1 is 1.05 bits per heavy atom. The number of cyclic esters (lactones) is 1. The maximum absolute atomic E-state index is 13.8. The standard InChI is InChI=1S/C31H42N2O6/c1-20(34)26-14-23-17-33(26)28(36)25(30(2,3)4)15-27(35)38-19-31(5,6)13-8-7-10-21-11-9-12-22-16-32(18-24(21)22)29(37)39-23/h7-9,11-12,23,25-26H,10,13-19H2,1-6H3/t23-,25-,26+/m1/s1. The Morgan fingerprint density at radius 3 is 2.46 bits per heavy atom. The fourth-order valence-corrected chi connectivity index (χ4v) is 5.68. The zero-order chi connectivity index (χ0) is 28.5. The highest BCUT2D eigenvalue weighted by Gasteiger charge is 2.45. The van der Waals surface area contributed by atoms with E-state index < -0.39 is 35.5 Å². The molecular weight excluding hydrogens is 496 g/mol. The van der Waals surface area contributed by atoms with E-state index in [1.807, 2.05) is 32.9 Å². The second-order valence-electron chi connectivity index (χ2n) is 13.1. The number of benzene rings is 1. The van der Waals surface area contributed by atoms with Gasteiger partial charge in [-0.3, -0.25) is 19.3 Å². The Labute approximate surface area is 231 Å². The van der Waals surface area contributed by atoms with Gasteiger partial charge in [0.2, 0.25) is 5.91 Å². The van der Waals surface area contributed by atoms with Gasteiger partial charge in [-0.2, -0.15) is 0 Å². The number of fused-ring (bicyclic) bond motifs is 3. The molecule has 0 spiro atoms. The minimum atomic E-state index is -0.697. The number of hydrogen-bond acceptors (Lipinski definition) is 6. The first-order valence-electron chi connectivity index (χ1n) is 13.9. The first-order valence-corrected chi connectivity index (χ1v) is 13.9. The second-order valence-corrected chi connectivity index (χ2v) is 13.1. The number of allylic oxidation sites excluding steroid dienone is 2. The molecule has 3 atom stereocenters. The van der Waals surface area contributed by atoms with Gasteiger partial charge in [0, 0.05) is 24.9 Å². The number of hydrogen-bond donors (Lipinski definition) is 0. The minimum Gasteiger partial charge on any atom is -0.465 e. The number of esters is 1. The summed E-state index contributed by atoms with van der Waals surface area (Å²) >= 11 is 0. The molecule has 0 radical (unpaired) electrons. The van der Waals surface area contributed by atoms with Gasteiger partial charge in [0.15, 0.2) is 5.78 Å². The molecule has 39 heavy (non-hydrogen) atoms. The molecule has 4 rings (SSSR count). The Hall–Kier alpha value is -3.16. The third-order valence-corrected chi connectivity index (χ3v) is 8.13. The number of carbonyl (C=O) groups excluding carboxylic acids is 4. The quantitative estimate of drug-likeness (QED) is 0.376. The predicted molar refractivity (Wildman–Crippen MR) is 147 cm³/mol. The topological polar surface area (TPSA) is 93.2 Å². The van der Waals surface area contributed by atoms with E-state index in [4.69, 9.17) is 9.47 Å². The molecule has 212 valence electrons. The smallest absolute Gasteiger partial charge is 0.410 e. The summed E-state index contributed by atoms with van der Waals surface area (Å²) in [7, 11) is 0. The van der Waals surface area contributed by atoms with Crippen molar-refractivity contribution in [1.82, 2.24) is 9.80 Å². The van der Waals surface area contributed by atoms with E-state index in [1.54, 1.807) is 4.90 Å². The number of nitrogens with zero attached hydrogens (tertiary/aromatic N) is 2. The van der Waals surface area contributed by atoms with Crippen molar-refractivity contribution in [2.24, 2.45) is 16.7 Å². The highest BCUT2D eigenvalue weighted by Crippen LogP contribution is 2.35. The molecule has 1 saturated heterocycles. The molecule has 0 aromatic heterocycles. The maximum atomic E-state index is 13.8. The van der Waals surface area contributed by atoms with Crippen molar-refractivity contribution >= 4 is 23.8 Å². The monoisotopic (exact) mass is 538 g/mol. The van der Waals surface area contributed by atoms with Gasteiger partial charge in [0.25, 0.3) is 0 Å². The molecule has 0 saturated carbocycles. The SMILES string of the molecule is CC(=O)[C@@H]1C[C@@H]2CN1C(=O)[C@H](C(C)(C)C)CC(=O)OCC(C)(C)CC=CCc1cccc3c1CN(C3)C(=O)O2. The molecule has 8 heteroatoms. The average Bonchev–Trinajstić information content (AvgIpc) is 3.47. The zero-order valence-electron chi connectivity index (χ0n) is 24.1. The van der Waals surface area contributed by atoms with Crippen LogP contribution in [0.3, 0.4) is 0 Å². The molecule has 0 aliphatic carbocycles. The van der Waals surface area contributed by atoms with Crippen molar-refractivity contribution in [2.75, 3.05) is 13.2 Å². The van der Waals surface area contributed by atoms with E-state index in [9.17, 15) is 19.2 Å². The molecule has 3 heterocycles. The number of ketones is 1. The molecule has 8 nitrogen and oxygen atoms in total.